The number of rotatable bonds is 6. The molecule has 1 fully saturated rings. The Morgan fingerprint density at radius 2 is 2.50 bits per heavy atom. The second-order valence-corrected chi connectivity index (χ2v) is 4.91. The number of methoxy groups -OCH3 is 1. The average Bonchev–Trinajstić information content (AvgIpc) is 2.46. The van der Waals surface area contributed by atoms with E-state index >= 15 is 0 Å². The van der Waals surface area contributed by atoms with Gasteiger partial charge in [0.05, 0.1) is 11.5 Å². The number of aromatic nitrogens is 1. The third-order valence-electron chi connectivity index (χ3n) is 3.44. The van der Waals surface area contributed by atoms with Crippen molar-refractivity contribution >= 4 is 11.5 Å². The predicted molar refractivity (Wildman–Crippen MR) is 75.9 cm³/mol. The molecule has 0 amide bonds. The highest BCUT2D eigenvalue weighted by Gasteiger charge is 2.23. The van der Waals surface area contributed by atoms with Crippen molar-refractivity contribution in [2.24, 2.45) is 0 Å². The summed E-state index contributed by atoms with van der Waals surface area (Å²) in [5, 5.41) is 14.2. The average molecular weight is 280 g/mol. The first-order chi connectivity index (χ1) is 9.70. The van der Waals surface area contributed by atoms with Crippen molar-refractivity contribution in [3.05, 3.63) is 28.4 Å². The van der Waals surface area contributed by atoms with Crippen LogP contribution < -0.4 is 5.32 Å². The molecule has 0 saturated carbocycles. The number of nitro groups is 1. The molecule has 2 heterocycles. The molecule has 110 valence electrons. The first kappa shape index (κ1) is 14.7. The minimum absolute atomic E-state index is 0.0292. The summed E-state index contributed by atoms with van der Waals surface area (Å²) in [5.74, 6) is 0.357. The van der Waals surface area contributed by atoms with Crippen molar-refractivity contribution in [1.29, 1.82) is 0 Å². The molecular formula is C13H20N4O3. The summed E-state index contributed by atoms with van der Waals surface area (Å²) >= 11 is 0. The van der Waals surface area contributed by atoms with Gasteiger partial charge < -0.3 is 10.1 Å². The summed E-state index contributed by atoms with van der Waals surface area (Å²) in [5.41, 5.74) is 0.0292. The molecule has 0 bridgehead atoms. The maximum atomic E-state index is 11.0. The first-order valence-electron chi connectivity index (χ1n) is 6.78. The number of likely N-dealkylation sites (tertiary alicyclic amines) is 1. The largest absolute Gasteiger partial charge is 0.383 e. The van der Waals surface area contributed by atoms with E-state index in [2.05, 4.69) is 15.2 Å². The van der Waals surface area contributed by atoms with Crippen LogP contribution in [0, 0.1) is 10.1 Å². The Morgan fingerprint density at radius 1 is 1.65 bits per heavy atom. The number of hydrogen-bond donors (Lipinski definition) is 1. The molecule has 1 aromatic rings. The molecule has 7 heteroatoms. The van der Waals surface area contributed by atoms with Crippen LogP contribution >= 0.6 is 0 Å². The molecule has 1 atom stereocenters. The molecule has 7 nitrogen and oxygen atoms in total. The summed E-state index contributed by atoms with van der Waals surface area (Å²) in [6, 6.07) is 3.24. The van der Waals surface area contributed by atoms with Gasteiger partial charge in [0.2, 0.25) is 5.82 Å². The van der Waals surface area contributed by atoms with E-state index in [4.69, 9.17) is 4.74 Å². The highest BCUT2D eigenvalue weighted by molar-refractivity contribution is 5.55. The third kappa shape index (κ3) is 3.88. The van der Waals surface area contributed by atoms with E-state index < -0.39 is 4.92 Å². The van der Waals surface area contributed by atoms with Crippen molar-refractivity contribution in [2.75, 3.05) is 38.7 Å². The Hall–Kier alpha value is -1.73. The SMILES string of the molecule is COCCN1CCCC(Nc2ncccc2[N+](=O)[O-])C1. The summed E-state index contributed by atoms with van der Waals surface area (Å²) in [4.78, 5) is 17.0. The van der Waals surface area contributed by atoms with Gasteiger partial charge in [0.1, 0.15) is 0 Å². The molecule has 1 aliphatic rings. The minimum Gasteiger partial charge on any atom is -0.383 e. The van der Waals surface area contributed by atoms with Gasteiger partial charge >= 0.3 is 5.69 Å². The van der Waals surface area contributed by atoms with Gasteiger partial charge in [-0.2, -0.15) is 0 Å². The molecular weight excluding hydrogens is 260 g/mol. The van der Waals surface area contributed by atoms with Gasteiger partial charge in [0.15, 0.2) is 0 Å². The van der Waals surface area contributed by atoms with Crippen LogP contribution in [0.1, 0.15) is 12.8 Å². The first-order valence-corrected chi connectivity index (χ1v) is 6.78. The highest BCUT2D eigenvalue weighted by atomic mass is 16.6. The zero-order valence-corrected chi connectivity index (χ0v) is 11.6. The monoisotopic (exact) mass is 280 g/mol. The number of piperidine rings is 1. The number of ether oxygens (including phenoxy) is 1. The van der Waals surface area contributed by atoms with Gasteiger partial charge in [-0.1, -0.05) is 0 Å². The summed E-state index contributed by atoms with van der Waals surface area (Å²) in [6.45, 7) is 3.50. The van der Waals surface area contributed by atoms with E-state index in [0.717, 1.165) is 32.5 Å². The predicted octanol–water partition coefficient (Wildman–Crippen LogP) is 1.51. The lowest BCUT2D eigenvalue weighted by Gasteiger charge is -2.33. The molecule has 1 aliphatic heterocycles. The van der Waals surface area contributed by atoms with Gasteiger partial charge in [-0.25, -0.2) is 4.98 Å². The van der Waals surface area contributed by atoms with E-state index in [1.165, 1.54) is 6.07 Å². The maximum absolute atomic E-state index is 11.0. The molecule has 0 aromatic carbocycles. The fraction of sp³-hybridized carbons (Fsp3) is 0.615. The number of nitrogens with one attached hydrogen (secondary N) is 1. The van der Waals surface area contributed by atoms with Crippen LogP contribution in [0.25, 0.3) is 0 Å². The Morgan fingerprint density at radius 3 is 3.25 bits per heavy atom. The Bertz CT molecular complexity index is 455. The lowest BCUT2D eigenvalue weighted by atomic mass is 10.1. The molecule has 1 aromatic heterocycles. The van der Waals surface area contributed by atoms with Gasteiger partial charge in [-0.15, -0.1) is 0 Å². The zero-order valence-electron chi connectivity index (χ0n) is 11.6. The van der Waals surface area contributed by atoms with Crippen LogP contribution in [0.4, 0.5) is 11.5 Å². The molecule has 1 N–H and O–H groups in total. The number of nitrogens with zero attached hydrogens (tertiary/aromatic N) is 3. The third-order valence-corrected chi connectivity index (χ3v) is 3.44. The second-order valence-electron chi connectivity index (χ2n) is 4.91. The smallest absolute Gasteiger partial charge is 0.311 e. The number of anilines is 1. The molecule has 1 unspecified atom stereocenters. The summed E-state index contributed by atoms with van der Waals surface area (Å²) < 4.78 is 5.08. The van der Waals surface area contributed by atoms with Crippen LogP contribution in [0.2, 0.25) is 0 Å². The summed E-state index contributed by atoms with van der Waals surface area (Å²) in [7, 11) is 1.69. The molecule has 20 heavy (non-hydrogen) atoms. The topological polar surface area (TPSA) is 80.5 Å². The molecule has 0 spiro atoms. The Balaban J connectivity index is 1.97. The number of pyridine rings is 1. The molecule has 2 rings (SSSR count). The number of hydrogen-bond acceptors (Lipinski definition) is 6. The zero-order chi connectivity index (χ0) is 14.4. The maximum Gasteiger partial charge on any atom is 0.311 e. The van der Waals surface area contributed by atoms with Crippen LogP contribution in [0.15, 0.2) is 18.3 Å². The fourth-order valence-electron chi connectivity index (χ4n) is 2.45. The summed E-state index contributed by atoms with van der Waals surface area (Å²) in [6.07, 6.45) is 3.64. The van der Waals surface area contributed by atoms with Gasteiger partial charge in [0, 0.05) is 38.5 Å². The minimum atomic E-state index is -0.402. The van der Waals surface area contributed by atoms with Crippen molar-refractivity contribution in [3.63, 3.8) is 0 Å². The van der Waals surface area contributed by atoms with Crippen molar-refractivity contribution < 1.29 is 9.66 Å². The highest BCUT2D eigenvalue weighted by Crippen LogP contribution is 2.23. The van der Waals surface area contributed by atoms with Crippen molar-refractivity contribution in [2.45, 2.75) is 18.9 Å². The van der Waals surface area contributed by atoms with Crippen molar-refractivity contribution in [1.82, 2.24) is 9.88 Å². The van der Waals surface area contributed by atoms with Gasteiger partial charge in [0.25, 0.3) is 0 Å². The Kier molecular flexibility index (Phi) is 5.25. The van der Waals surface area contributed by atoms with E-state index in [-0.39, 0.29) is 11.7 Å². The van der Waals surface area contributed by atoms with Crippen LogP contribution in [0.3, 0.4) is 0 Å². The molecule has 0 radical (unpaired) electrons. The fourth-order valence-corrected chi connectivity index (χ4v) is 2.45. The van der Waals surface area contributed by atoms with Crippen LogP contribution in [-0.2, 0) is 4.74 Å². The molecule has 1 saturated heterocycles. The van der Waals surface area contributed by atoms with E-state index in [9.17, 15) is 10.1 Å². The second kappa shape index (κ2) is 7.16. The van der Waals surface area contributed by atoms with Crippen LogP contribution in [0.5, 0.6) is 0 Å². The normalized spacial score (nSPS) is 19.8. The molecule has 0 aliphatic carbocycles. The van der Waals surface area contributed by atoms with Gasteiger partial charge in [-0.3, -0.25) is 15.0 Å². The Labute approximate surface area is 118 Å². The quantitative estimate of drug-likeness (QED) is 0.628. The lowest BCUT2D eigenvalue weighted by molar-refractivity contribution is -0.384. The van der Waals surface area contributed by atoms with Gasteiger partial charge in [-0.05, 0) is 25.5 Å². The lowest BCUT2D eigenvalue weighted by Crippen LogP contribution is -2.43. The van der Waals surface area contributed by atoms with Crippen LogP contribution in [-0.4, -0.2) is 54.2 Å². The standard InChI is InChI=1S/C13H20N4O3/c1-20-9-8-16-7-3-4-11(10-16)15-13-12(17(18)19)5-2-6-14-13/h2,5-6,11H,3-4,7-10H2,1H3,(H,14,15). The van der Waals surface area contributed by atoms with Crippen molar-refractivity contribution in [3.8, 4) is 0 Å². The van der Waals surface area contributed by atoms with E-state index in [1.54, 1.807) is 19.4 Å². The van der Waals surface area contributed by atoms with E-state index in [0.29, 0.717) is 12.4 Å². The van der Waals surface area contributed by atoms with E-state index in [1.807, 2.05) is 0 Å².